The standard InChI is InChI=1S/C25H15F6N3O4S3/c26-24(27,28)15-5-13(6-16(8-15)25(29,30)31)14-7-18(40-11-14)9-19-21(36)34(23(39)41-19)32-10-20(35)33-17-3-1-12(2-4-17)22(37)38/h1-9,11,32H,10H2,(H,33,35)(H,37,38)/b19-9-. The Hall–Kier alpha value is -3.73. The summed E-state index contributed by atoms with van der Waals surface area (Å²) < 4.78 is 79.4. The number of amides is 2. The number of hydrogen-bond donors (Lipinski definition) is 3. The number of anilines is 1. The molecule has 0 bridgehead atoms. The van der Waals surface area contributed by atoms with Crippen molar-refractivity contribution in [2.45, 2.75) is 12.4 Å². The third kappa shape index (κ3) is 7.32. The van der Waals surface area contributed by atoms with Gasteiger partial charge in [-0.2, -0.15) is 26.3 Å². The second kappa shape index (κ2) is 11.6. The zero-order valence-electron chi connectivity index (χ0n) is 20.1. The van der Waals surface area contributed by atoms with Gasteiger partial charge in [-0.1, -0.05) is 24.0 Å². The van der Waals surface area contributed by atoms with Crippen LogP contribution < -0.4 is 10.7 Å². The van der Waals surface area contributed by atoms with Crippen LogP contribution in [-0.2, 0) is 21.9 Å². The van der Waals surface area contributed by atoms with Crippen molar-refractivity contribution in [1.82, 2.24) is 10.4 Å². The van der Waals surface area contributed by atoms with E-state index in [2.05, 4.69) is 10.7 Å². The zero-order chi connectivity index (χ0) is 30.1. The number of carbonyl (C=O) groups is 3. The van der Waals surface area contributed by atoms with Crippen molar-refractivity contribution < 1.29 is 45.8 Å². The van der Waals surface area contributed by atoms with E-state index in [9.17, 15) is 40.7 Å². The fourth-order valence-electron chi connectivity index (χ4n) is 3.49. The number of carboxylic acids is 1. The van der Waals surface area contributed by atoms with Crippen LogP contribution in [0, 0.1) is 0 Å². The highest BCUT2D eigenvalue weighted by Gasteiger charge is 2.37. The first-order valence-electron chi connectivity index (χ1n) is 11.1. The van der Waals surface area contributed by atoms with Crippen LogP contribution in [0.4, 0.5) is 32.0 Å². The molecular formula is C25H15F6N3O4S3. The number of alkyl halides is 6. The summed E-state index contributed by atoms with van der Waals surface area (Å²) in [7, 11) is 0. The van der Waals surface area contributed by atoms with Crippen LogP contribution in [0.15, 0.2) is 58.8 Å². The van der Waals surface area contributed by atoms with Gasteiger partial charge in [0.2, 0.25) is 5.91 Å². The van der Waals surface area contributed by atoms with Gasteiger partial charge in [0.1, 0.15) is 0 Å². The summed E-state index contributed by atoms with van der Waals surface area (Å²) >= 11 is 7.06. The molecular weight excluding hydrogens is 616 g/mol. The molecule has 1 fully saturated rings. The lowest BCUT2D eigenvalue weighted by molar-refractivity contribution is -0.143. The minimum atomic E-state index is -4.99. The maximum absolute atomic E-state index is 13.2. The number of halogens is 6. The highest BCUT2D eigenvalue weighted by atomic mass is 32.2. The van der Waals surface area contributed by atoms with Crippen LogP contribution in [-0.4, -0.2) is 38.8 Å². The van der Waals surface area contributed by atoms with Crippen LogP contribution in [0.5, 0.6) is 0 Å². The van der Waals surface area contributed by atoms with Crippen molar-refractivity contribution in [2.75, 3.05) is 11.9 Å². The lowest BCUT2D eigenvalue weighted by atomic mass is 10.0. The predicted octanol–water partition coefficient (Wildman–Crippen LogP) is 6.50. The quantitative estimate of drug-likeness (QED) is 0.156. The number of hydrazine groups is 1. The van der Waals surface area contributed by atoms with Crippen LogP contribution in [0.25, 0.3) is 17.2 Å². The number of thiocarbonyl (C=S) groups is 1. The molecule has 4 rings (SSSR count). The summed E-state index contributed by atoms with van der Waals surface area (Å²) in [4.78, 5) is 36.5. The van der Waals surface area contributed by atoms with Crippen molar-refractivity contribution in [3.63, 3.8) is 0 Å². The van der Waals surface area contributed by atoms with E-state index >= 15 is 0 Å². The van der Waals surface area contributed by atoms with Crippen molar-refractivity contribution in [2.24, 2.45) is 0 Å². The first kappa shape index (κ1) is 30.2. The monoisotopic (exact) mass is 631 g/mol. The van der Waals surface area contributed by atoms with Crippen LogP contribution in [0.1, 0.15) is 26.4 Å². The Kier molecular flexibility index (Phi) is 8.58. The normalized spacial score (nSPS) is 15.1. The maximum atomic E-state index is 13.2. The van der Waals surface area contributed by atoms with E-state index in [0.29, 0.717) is 22.7 Å². The lowest BCUT2D eigenvalue weighted by Gasteiger charge is -2.15. The van der Waals surface area contributed by atoms with Gasteiger partial charge in [0.15, 0.2) is 4.32 Å². The van der Waals surface area contributed by atoms with Gasteiger partial charge in [0, 0.05) is 10.6 Å². The Balaban J connectivity index is 1.45. The molecule has 1 aromatic heterocycles. The minimum absolute atomic E-state index is 0.0317. The third-order valence-corrected chi connectivity index (χ3v) is 7.60. The second-order valence-corrected chi connectivity index (χ2v) is 10.9. The highest BCUT2D eigenvalue weighted by molar-refractivity contribution is 8.26. The Morgan fingerprint density at radius 1 is 0.951 bits per heavy atom. The van der Waals surface area contributed by atoms with Gasteiger partial charge >= 0.3 is 18.3 Å². The van der Waals surface area contributed by atoms with Crippen molar-refractivity contribution in [3.8, 4) is 11.1 Å². The van der Waals surface area contributed by atoms with E-state index < -0.39 is 41.3 Å². The molecule has 2 heterocycles. The van der Waals surface area contributed by atoms with Gasteiger partial charge in [-0.05, 0) is 71.1 Å². The Morgan fingerprint density at radius 3 is 2.12 bits per heavy atom. The first-order chi connectivity index (χ1) is 19.1. The van der Waals surface area contributed by atoms with Crippen molar-refractivity contribution >= 4 is 69.2 Å². The summed E-state index contributed by atoms with van der Waals surface area (Å²) in [6, 6.07) is 8.03. The fraction of sp³-hybridized carbons (Fsp3) is 0.120. The van der Waals surface area contributed by atoms with E-state index in [-0.39, 0.29) is 38.5 Å². The average molecular weight is 632 g/mol. The maximum Gasteiger partial charge on any atom is 0.416 e. The molecule has 0 radical (unpaired) electrons. The van der Waals surface area contributed by atoms with Gasteiger partial charge < -0.3 is 10.4 Å². The Labute approximate surface area is 240 Å². The first-order valence-corrected chi connectivity index (χ1v) is 13.3. The van der Waals surface area contributed by atoms with E-state index in [1.165, 1.54) is 41.8 Å². The molecule has 7 nitrogen and oxygen atoms in total. The third-order valence-electron chi connectivity index (χ3n) is 5.42. The van der Waals surface area contributed by atoms with Crippen molar-refractivity contribution in [3.05, 3.63) is 80.4 Å². The zero-order valence-corrected chi connectivity index (χ0v) is 22.5. The molecule has 1 aliphatic heterocycles. The molecule has 0 aliphatic carbocycles. The number of nitrogens with zero attached hydrogens (tertiary/aromatic N) is 1. The molecule has 41 heavy (non-hydrogen) atoms. The number of thioether (sulfide) groups is 1. The SMILES string of the molecule is O=C(CNN1C(=O)/C(=C/c2cc(-c3cc(C(F)(F)F)cc(C(F)(F)F)c3)cs2)SC1=S)Nc1ccc(C(=O)O)cc1. The minimum Gasteiger partial charge on any atom is -0.478 e. The fourth-order valence-corrected chi connectivity index (χ4v) is 5.62. The second-order valence-electron chi connectivity index (χ2n) is 8.31. The number of thiophene rings is 1. The van der Waals surface area contributed by atoms with Crippen molar-refractivity contribution in [1.29, 1.82) is 0 Å². The number of benzene rings is 2. The van der Waals surface area contributed by atoms with E-state index in [0.717, 1.165) is 28.1 Å². The molecule has 2 amide bonds. The summed E-state index contributed by atoms with van der Waals surface area (Å²) in [6.45, 7) is -0.374. The largest absolute Gasteiger partial charge is 0.478 e. The molecule has 0 saturated carbocycles. The lowest BCUT2D eigenvalue weighted by Crippen LogP contribution is -2.44. The number of aromatic carboxylic acids is 1. The van der Waals surface area contributed by atoms with Crippen LogP contribution in [0.2, 0.25) is 0 Å². The van der Waals surface area contributed by atoms with Gasteiger partial charge in [-0.25, -0.2) is 15.2 Å². The summed E-state index contributed by atoms with van der Waals surface area (Å²) in [5.41, 5.74) is -0.139. The molecule has 16 heteroatoms. The van der Waals surface area contributed by atoms with Gasteiger partial charge in [0.25, 0.3) is 5.91 Å². The molecule has 214 valence electrons. The molecule has 0 spiro atoms. The number of nitrogens with one attached hydrogen (secondary N) is 2. The molecule has 1 saturated heterocycles. The van der Waals surface area contributed by atoms with E-state index in [1.54, 1.807) is 0 Å². The Morgan fingerprint density at radius 2 is 1.56 bits per heavy atom. The summed E-state index contributed by atoms with van der Waals surface area (Å²) in [6.07, 6.45) is -8.59. The van der Waals surface area contributed by atoms with E-state index in [4.69, 9.17) is 17.3 Å². The van der Waals surface area contributed by atoms with Gasteiger partial charge in [-0.15, -0.1) is 11.3 Å². The summed E-state index contributed by atoms with van der Waals surface area (Å²) in [5.74, 6) is -2.31. The topological polar surface area (TPSA) is 98.7 Å². The predicted molar refractivity (Wildman–Crippen MR) is 145 cm³/mol. The average Bonchev–Trinajstić information content (AvgIpc) is 3.46. The molecule has 2 aromatic carbocycles. The molecule has 1 aliphatic rings. The molecule has 3 N–H and O–H groups in total. The van der Waals surface area contributed by atoms with E-state index in [1.807, 2.05) is 0 Å². The number of carboxylic acid groups (broad SMARTS) is 1. The molecule has 0 atom stereocenters. The highest BCUT2D eigenvalue weighted by Crippen LogP contribution is 2.40. The number of rotatable bonds is 7. The molecule has 0 unspecified atom stereocenters. The summed E-state index contributed by atoms with van der Waals surface area (Å²) in [5, 5.41) is 13.8. The number of hydrogen-bond acceptors (Lipinski definition) is 7. The number of carbonyl (C=O) groups excluding carboxylic acids is 2. The Bertz CT molecular complexity index is 1530. The molecule has 3 aromatic rings. The van der Waals surface area contributed by atoms with Crippen LogP contribution in [0.3, 0.4) is 0 Å². The van der Waals surface area contributed by atoms with Gasteiger partial charge in [-0.3, -0.25) is 9.59 Å². The van der Waals surface area contributed by atoms with Gasteiger partial charge in [0.05, 0.1) is 28.1 Å². The smallest absolute Gasteiger partial charge is 0.416 e. The van der Waals surface area contributed by atoms with Crippen LogP contribution >= 0.6 is 35.3 Å².